The fourth-order valence-corrected chi connectivity index (χ4v) is 2.39. The number of nitrogens with one attached hydrogen (secondary N) is 1. The molecule has 0 atom stereocenters. The van der Waals surface area contributed by atoms with Crippen LogP contribution in [0.5, 0.6) is 0 Å². The maximum atomic E-state index is 12.1. The Morgan fingerprint density at radius 3 is 2.63 bits per heavy atom. The van der Waals surface area contributed by atoms with Crippen molar-refractivity contribution in [3.05, 3.63) is 35.4 Å². The van der Waals surface area contributed by atoms with Gasteiger partial charge in [-0.25, -0.2) is 0 Å². The Morgan fingerprint density at radius 1 is 1.26 bits per heavy atom. The van der Waals surface area contributed by atoms with E-state index in [1.807, 2.05) is 0 Å². The van der Waals surface area contributed by atoms with Crippen LogP contribution in [0.4, 0.5) is 0 Å². The summed E-state index contributed by atoms with van der Waals surface area (Å²) in [6.07, 6.45) is 5.70. The molecule has 0 heterocycles. The highest BCUT2D eigenvalue weighted by atomic mass is 16.4. The predicted molar refractivity (Wildman–Crippen MR) is 73.3 cm³/mol. The molecule has 4 N–H and O–H groups in total. The molecule has 19 heavy (non-hydrogen) atoms. The molecule has 5 heteroatoms. The smallest absolute Gasteiger partial charge is 0.251 e. The maximum absolute atomic E-state index is 12.1. The van der Waals surface area contributed by atoms with Crippen LogP contribution in [-0.2, 0) is 0 Å². The summed E-state index contributed by atoms with van der Waals surface area (Å²) in [6.45, 7) is 0. The van der Waals surface area contributed by atoms with Crippen LogP contribution >= 0.6 is 0 Å². The Labute approximate surface area is 112 Å². The molecular weight excluding hydrogens is 242 g/mol. The van der Waals surface area contributed by atoms with Crippen molar-refractivity contribution in [2.24, 2.45) is 10.9 Å². The van der Waals surface area contributed by atoms with E-state index in [-0.39, 0.29) is 17.8 Å². The van der Waals surface area contributed by atoms with Crippen LogP contribution in [0, 0.1) is 0 Å². The van der Waals surface area contributed by atoms with Gasteiger partial charge in [0.1, 0.15) is 0 Å². The molecular formula is C14H19N3O2. The molecule has 1 amide bonds. The molecule has 0 bridgehead atoms. The van der Waals surface area contributed by atoms with Crippen LogP contribution < -0.4 is 11.1 Å². The van der Waals surface area contributed by atoms with E-state index in [9.17, 15) is 4.79 Å². The molecule has 102 valence electrons. The highest BCUT2D eigenvalue weighted by Gasteiger charge is 2.16. The third-order valence-corrected chi connectivity index (χ3v) is 3.47. The van der Waals surface area contributed by atoms with E-state index in [0.29, 0.717) is 11.1 Å². The van der Waals surface area contributed by atoms with Crippen molar-refractivity contribution in [2.75, 3.05) is 0 Å². The van der Waals surface area contributed by atoms with Gasteiger partial charge in [0.15, 0.2) is 5.84 Å². The van der Waals surface area contributed by atoms with Gasteiger partial charge in [0.05, 0.1) is 0 Å². The van der Waals surface area contributed by atoms with E-state index in [4.69, 9.17) is 10.9 Å². The van der Waals surface area contributed by atoms with Gasteiger partial charge in [0.25, 0.3) is 5.91 Å². The summed E-state index contributed by atoms with van der Waals surface area (Å²) < 4.78 is 0. The number of nitrogens with two attached hydrogens (primary N) is 1. The number of amidine groups is 1. The van der Waals surface area contributed by atoms with Gasteiger partial charge in [-0.1, -0.05) is 36.6 Å². The predicted octanol–water partition coefficient (Wildman–Crippen LogP) is 1.84. The first-order chi connectivity index (χ1) is 9.20. The lowest BCUT2D eigenvalue weighted by molar-refractivity contribution is 0.0927. The lowest BCUT2D eigenvalue weighted by Crippen LogP contribution is -2.36. The summed E-state index contributed by atoms with van der Waals surface area (Å²) in [7, 11) is 0. The minimum absolute atomic E-state index is 0.00677. The van der Waals surface area contributed by atoms with Crippen molar-refractivity contribution in [3.63, 3.8) is 0 Å². The second kappa shape index (κ2) is 6.22. The molecule has 1 aliphatic carbocycles. The first-order valence-corrected chi connectivity index (χ1v) is 6.59. The van der Waals surface area contributed by atoms with Gasteiger partial charge in [0, 0.05) is 17.2 Å². The van der Waals surface area contributed by atoms with Crippen molar-refractivity contribution in [1.29, 1.82) is 0 Å². The Hall–Kier alpha value is -2.04. The Balaban J connectivity index is 2.06. The van der Waals surface area contributed by atoms with Gasteiger partial charge in [-0.2, -0.15) is 0 Å². The SMILES string of the molecule is N/C(=N\O)c1cccc(C(=O)NC2CCCCC2)c1. The van der Waals surface area contributed by atoms with E-state index in [1.165, 1.54) is 19.3 Å². The van der Waals surface area contributed by atoms with Crippen molar-refractivity contribution in [2.45, 2.75) is 38.1 Å². The minimum atomic E-state index is -0.0977. The molecule has 0 aromatic heterocycles. The van der Waals surface area contributed by atoms with Crippen molar-refractivity contribution in [3.8, 4) is 0 Å². The Kier molecular flexibility index (Phi) is 4.39. The van der Waals surface area contributed by atoms with Gasteiger partial charge in [-0.05, 0) is 25.0 Å². The van der Waals surface area contributed by atoms with E-state index >= 15 is 0 Å². The molecule has 1 aromatic carbocycles. The zero-order valence-electron chi connectivity index (χ0n) is 10.8. The summed E-state index contributed by atoms with van der Waals surface area (Å²) in [5.74, 6) is -0.0909. The number of benzene rings is 1. The summed E-state index contributed by atoms with van der Waals surface area (Å²) in [5, 5.41) is 14.6. The number of rotatable bonds is 3. The number of nitrogens with zero attached hydrogens (tertiary/aromatic N) is 1. The van der Waals surface area contributed by atoms with Gasteiger partial charge >= 0.3 is 0 Å². The summed E-state index contributed by atoms with van der Waals surface area (Å²) in [5.41, 5.74) is 6.59. The lowest BCUT2D eigenvalue weighted by atomic mass is 9.95. The average molecular weight is 261 g/mol. The normalized spacial score (nSPS) is 17.2. The topological polar surface area (TPSA) is 87.7 Å². The Morgan fingerprint density at radius 2 is 1.95 bits per heavy atom. The van der Waals surface area contributed by atoms with Crippen LogP contribution in [0.25, 0.3) is 0 Å². The van der Waals surface area contributed by atoms with Gasteiger partial charge < -0.3 is 16.3 Å². The number of hydrogen-bond acceptors (Lipinski definition) is 3. The van der Waals surface area contributed by atoms with Gasteiger partial charge in [-0.15, -0.1) is 0 Å². The fourth-order valence-electron chi connectivity index (χ4n) is 2.39. The summed E-state index contributed by atoms with van der Waals surface area (Å²) >= 11 is 0. The second-order valence-corrected chi connectivity index (χ2v) is 4.87. The van der Waals surface area contributed by atoms with Gasteiger partial charge in [-0.3, -0.25) is 4.79 Å². The highest BCUT2D eigenvalue weighted by molar-refractivity contribution is 6.01. The van der Waals surface area contributed by atoms with E-state index < -0.39 is 0 Å². The molecule has 0 unspecified atom stereocenters. The molecule has 5 nitrogen and oxygen atoms in total. The molecule has 0 radical (unpaired) electrons. The van der Waals surface area contributed by atoms with E-state index in [0.717, 1.165) is 12.8 Å². The minimum Gasteiger partial charge on any atom is -0.409 e. The number of amides is 1. The summed E-state index contributed by atoms with van der Waals surface area (Å²) in [4.78, 5) is 12.1. The Bertz CT molecular complexity index is 479. The average Bonchev–Trinajstić information content (AvgIpc) is 2.47. The summed E-state index contributed by atoms with van der Waals surface area (Å²) in [6, 6.07) is 7.06. The third-order valence-electron chi connectivity index (χ3n) is 3.47. The first kappa shape index (κ1) is 13.4. The molecule has 0 saturated heterocycles. The molecule has 1 fully saturated rings. The number of oxime groups is 1. The molecule has 2 rings (SSSR count). The number of carbonyl (C=O) groups excluding carboxylic acids is 1. The monoisotopic (exact) mass is 261 g/mol. The van der Waals surface area contributed by atoms with Crippen LogP contribution in [0.1, 0.15) is 48.0 Å². The largest absolute Gasteiger partial charge is 0.409 e. The van der Waals surface area contributed by atoms with E-state index in [1.54, 1.807) is 24.3 Å². The number of carbonyl (C=O) groups is 1. The van der Waals surface area contributed by atoms with Crippen LogP contribution in [0.3, 0.4) is 0 Å². The molecule has 0 aliphatic heterocycles. The van der Waals surface area contributed by atoms with Crippen LogP contribution in [0.15, 0.2) is 29.4 Å². The second-order valence-electron chi connectivity index (χ2n) is 4.87. The van der Waals surface area contributed by atoms with Crippen molar-refractivity contribution < 1.29 is 10.0 Å². The molecule has 1 saturated carbocycles. The first-order valence-electron chi connectivity index (χ1n) is 6.59. The van der Waals surface area contributed by atoms with Crippen LogP contribution in [0.2, 0.25) is 0 Å². The maximum Gasteiger partial charge on any atom is 0.251 e. The van der Waals surface area contributed by atoms with Gasteiger partial charge in [0.2, 0.25) is 0 Å². The quantitative estimate of drug-likeness (QED) is 0.336. The molecule has 1 aliphatic rings. The standard InChI is InChI=1S/C14H19N3O2/c15-13(17-19)10-5-4-6-11(9-10)14(18)16-12-7-2-1-3-8-12/h4-6,9,12,19H,1-3,7-8H2,(H2,15,17)(H,16,18). The number of hydrogen-bond donors (Lipinski definition) is 3. The fraction of sp³-hybridized carbons (Fsp3) is 0.429. The zero-order chi connectivity index (χ0) is 13.7. The lowest BCUT2D eigenvalue weighted by Gasteiger charge is -2.22. The van der Waals surface area contributed by atoms with Crippen LogP contribution in [-0.4, -0.2) is 23.0 Å². The zero-order valence-corrected chi connectivity index (χ0v) is 10.8. The highest BCUT2D eigenvalue weighted by Crippen LogP contribution is 2.18. The third kappa shape index (κ3) is 3.47. The molecule has 0 spiro atoms. The molecule has 1 aromatic rings. The van der Waals surface area contributed by atoms with Crippen molar-refractivity contribution in [1.82, 2.24) is 5.32 Å². The van der Waals surface area contributed by atoms with Crippen molar-refractivity contribution >= 4 is 11.7 Å². The van der Waals surface area contributed by atoms with E-state index in [2.05, 4.69) is 10.5 Å².